The molecule has 1 aromatic heterocycles. The Kier molecular flexibility index (Phi) is 4.74. The van der Waals surface area contributed by atoms with Crippen LogP contribution in [0.2, 0.25) is 0 Å². The van der Waals surface area contributed by atoms with E-state index < -0.39 is 0 Å². The Balaban J connectivity index is 1.34. The van der Waals surface area contributed by atoms with Gasteiger partial charge in [-0.05, 0) is 31.2 Å². The number of aromatic nitrogens is 2. The van der Waals surface area contributed by atoms with Gasteiger partial charge < -0.3 is 19.2 Å². The molecule has 0 unspecified atom stereocenters. The first-order valence-electron chi connectivity index (χ1n) is 8.76. The van der Waals surface area contributed by atoms with E-state index in [1.807, 2.05) is 31.2 Å². The molecular weight excluding hydrogens is 346 g/mol. The zero-order valence-corrected chi connectivity index (χ0v) is 14.9. The van der Waals surface area contributed by atoms with Crippen molar-refractivity contribution in [2.24, 2.45) is 0 Å². The predicted molar refractivity (Wildman–Crippen MR) is 98.9 cm³/mol. The molecule has 2 aromatic carbocycles. The summed E-state index contributed by atoms with van der Waals surface area (Å²) < 4.78 is 16.6. The number of carbonyl (C=O) groups is 1. The second-order valence-electron chi connectivity index (χ2n) is 6.28. The van der Waals surface area contributed by atoms with Crippen molar-refractivity contribution >= 4 is 11.6 Å². The monoisotopic (exact) mass is 365 g/mol. The number of carbonyl (C=O) groups excluding carboxylic acids is 1. The Morgan fingerprint density at radius 1 is 1.07 bits per heavy atom. The second kappa shape index (κ2) is 7.49. The van der Waals surface area contributed by atoms with Crippen LogP contribution in [-0.4, -0.2) is 29.3 Å². The summed E-state index contributed by atoms with van der Waals surface area (Å²) in [7, 11) is 0. The molecular formula is C20H19N3O4. The van der Waals surface area contributed by atoms with Crippen molar-refractivity contribution in [3.63, 3.8) is 0 Å². The number of nitrogens with zero attached hydrogens (tertiary/aromatic N) is 2. The summed E-state index contributed by atoms with van der Waals surface area (Å²) in [6.07, 6.45) is 0.610. The molecule has 4 rings (SSSR count). The van der Waals surface area contributed by atoms with Crippen molar-refractivity contribution in [3.05, 3.63) is 53.9 Å². The lowest BCUT2D eigenvalue weighted by Crippen LogP contribution is -2.16. The molecule has 7 heteroatoms. The number of hydrogen-bond donors (Lipinski definition) is 1. The average molecular weight is 365 g/mol. The zero-order chi connectivity index (χ0) is 18.6. The first kappa shape index (κ1) is 17.1. The van der Waals surface area contributed by atoms with Gasteiger partial charge in [0.2, 0.25) is 17.7 Å². The Bertz CT molecular complexity index is 967. The highest BCUT2D eigenvalue weighted by molar-refractivity contribution is 5.91. The molecule has 0 spiro atoms. The highest BCUT2D eigenvalue weighted by Crippen LogP contribution is 2.32. The normalized spacial score (nSPS) is 12.6. The maximum absolute atomic E-state index is 12.2. The SMILES string of the molecule is Cc1cccc(-c2nnc(CCC(=O)Nc3ccc4c(c3)OCCO4)o2)c1. The molecule has 1 N–H and O–H groups in total. The van der Waals surface area contributed by atoms with Crippen LogP contribution in [0.25, 0.3) is 11.5 Å². The molecule has 0 aliphatic carbocycles. The van der Waals surface area contributed by atoms with Crippen LogP contribution >= 0.6 is 0 Å². The summed E-state index contributed by atoms with van der Waals surface area (Å²) >= 11 is 0. The van der Waals surface area contributed by atoms with Crippen molar-refractivity contribution in [2.75, 3.05) is 18.5 Å². The molecule has 0 radical (unpaired) electrons. The minimum absolute atomic E-state index is 0.137. The Morgan fingerprint density at radius 3 is 2.78 bits per heavy atom. The summed E-state index contributed by atoms with van der Waals surface area (Å²) in [5, 5.41) is 10.9. The molecule has 0 atom stereocenters. The highest BCUT2D eigenvalue weighted by Gasteiger charge is 2.14. The third-order valence-corrected chi connectivity index (χ3v) is 4.12. The topological polar surface area (TPSA) is 86.5 Å². The third-order valence-electron chi connectivity index (χ3n) is 4.12. The lowest BCUT2D eigenvalue weighted by Gasteiger charge is -2.18. The fourth-order valence-corrected chi connectivity index (χ4v) is 2.81. The van der Waals surface area contributed by atoms with Crippen molar-refractivity contribution in [1.82, 2.24) is 10.2 Å². The van der Waals surface area contributed by atoms with Crippen LogP contribution in [0, 0.1) is 6.92 Å². The van der Waals surface area contributed by atoms with Gasteiger partial charge in [-0.3, -0.25) is 4.79 Å². The third kappa shape index (κ3) is 4.08. The van der Waals surface area contributed by atoms with Crippen LogP contribution < -0.4 is 14.8 Å². The van der Waals surface area contributed by atoms with E-state index in [2.05, 4.69) is 15.5 Å². The van der Waals surface area contributed by atoms with Crippen LogP contribution in [-0.2, 0) is 11.2 Å². The Labute approximate surface area is 156 Å². The second-order valence-corrected chi connectivity index (χ2v) is 6.28. The summed E-state index contributed by atoms with van der Waals surface area (Å²) in [6, 6.07) is 13.2. The van der Waals surface area contributed by atoms with Gasteiger partial charge in [-0.1, -0.05) is 17.7 Å². The zero-order valence-electron chi connectivity index (χ0n) is 14.9. The van der Waals surface area contributed by atoms with Gasteiger partial charge >= 0.3 is 0 Å². The van der Waals surface area contributed by atoms with Gasteiger partial charge in [0.1, 0.15) is 13.2 Å². The maximum Gasteiger partial charge on any atom is 0.247 e. The molecule has 1 aliphatic rings. The van der Waals surface area contributed by atoms with E-state index in [0.29, 0.717) is 48.6 Å². The minimum Gasteiger partial charge on any atom is -0.486 e. The maximum atomic E-state index is 12.2. The molecule has 27 heavy (non-hydrogen) atoms. The van der Waals surface area contributed by atoms with Gasteiger partial charge in [-0.2, -0.15) is 0 Å². The fraction of sp³-hybridized carbons (Fsp3) is 0.250. The number of amides is 1. The van der Waals surface area contributed by atoms with E-state index in [0.717, 1.165) is 11.1 Å². The van der Waals surface area contributed by atoms with Gasteiger partial charge in [0.25, 0.3) is 0 Å². The number of hydrogen-bond acceptors (Lipinski definition) is 6. The molecule has 0 fully saturated rings. The largest absolute Gasteiger partial charge is 0.486 e. The fourth-order valence-electron chi connectivity index (χ4n) is 2.81. The van der Waals surface area contributed by atoms with Gasteiger partial charge in [-0.25, -0.2) is 0 Å². The molecule has 7 nitrogen and oxygen atoms in total. The number of ether oxygens (including phenoxy) is 2. The van der Waals surface area contributed by atoms with E-state index in [-0.39, 0.29) is 12.3 Å². The molecule has 2 heterocycles. The molecule has 0 bridgehead atoms. The lowest BCUT2D eigenvalue weighted by molar-refractivity contribution is -0.116. The molecule has 0 saturated heterocycles. The number of benzene rings is 2. The molecule has 138 valence electrons. The summed E-state index contributed by atoms with van der Waals surface area (Å²) in [4.78, 5) is 12.2. The minimum atomic E-state index is -0.137. The van der Waals surface area contributed by atoms with Crippen LogP contribution in [0.3, 0.4) is 0 Å². The highest BCUT2D eigenvalue weighted by atomic mass is 16.6. The lowest BCUT2D eigenvalue weighted by atomic mass is 10.1. The summed E-state index contributed by atoms with van der Waals surface area (Å²) in [6.45, 7) is 3.04. The Hall–Kier alpha value is -3.35. The number of fused-ring (bicyclic) bond motifs is 1. The summed E-state index contributed by atoms with van der Waals surface area (Å²) in [5.74, 6) is 2.08. The number of rotatable bonds is 5. The van der Waals surface area contributed by atoms with Crippen molar-refractivity contribution in [1.29, 1.82) is 0 Å². The quantitative estimate of drug-likeness (QED) is 0.746. The van der Waals surface area contributed by atoms with Crippen LogP contribution in [0.15, 0.2) is 46.9 Å². The first-order chi connectivity index (χ1) is 13.2. The van der Waals surface area contributed by atoms with Crippen molar-refractivity contribution < 1.29 is 18.7 Å². The van der Waals surface area contributed by atoms with Crippen LogP contribution in [0.1, 0.15) is 17.9 Å². The smallest absolute Gasteiger partial charge is 0.247 e. The average Bonchev–Trinajstić information content (AvgIpc) is 3.15. The van der Waals surface area contributed by atoms with E-state index in [9.17, 15) is 4.79 Å². The number of aryl methyl sites for hydroxylation is 2. The first-order valence-corrected chi connectivity index (χ1v) is 8.76. The van der Waals surface area contributed by atoms with Crippen molar-refractivity contribution in [2.45, 2.75) is 19.8 Å². The molecule has 0 saturated carbocycles. The Morgan fingerprint density at radius 2 is 1.93 bits per heavy atom. The van der Waals surface area contributed by atoms with Crippen molar-refractivity contribution in [3.8, 4) is 23.0 Å². The van der Waals surface area contributed by atoms with Crippen LogP contribution in [0.4, 0.5) is 5.69 Å². The van der Waals surface area contributed by atoms with E-state index in [1.165, 1.54) is 0 Å². The standard InChI is InChI=1S/C20H19N3O4/c1-13-3-2-4-14(11-13)20-23-22-19(27-20)8-7-18(24)21-15-5-6-16-17(12-15)26-10-9-25-16/h2-6,11-12H,7-10H2,1H3,(H,21,24). The number of nitrogens with one attached hydrogen (secondary N) is 1. The van der Waals surface area contributed by atoms with Gasteiger partial charge in [0.05, 0.1) is 0 Å². The van der Waals surface area contributed by atoms with E-state index in [4.69, 9.17) is 13.9 Å². The van der Waals surface area contributed by atoms with Crippen LogP contribution in [0.5, 0.6) is 11.5 Å². The van der Waals surface area contributed by atoms with Gasteiger partial charge in [0, 0.05) is 30.2 Å². The molecule has 3 aromatic rings. The summed E-state index contributed by atoms with van der Waals surface area (Å²) in [5.41, 5.74) is 2.65. The van der Waals surface area contributed by atoms with Gasteiger partial charge in [0.15, 0.2) is 11.5 Å². The number of anilines is 1. The molecule has 1 aliphatic heterocycles. The van der Waals surface area contributed by atoms with E-state index in [1.54, 1.807) is 18.2 Å². The molecule has 1 amide bonds. The van der Waals surface area contributed by atoms with Gasteiger partial charge in [-0.15, -0.1) is 10.2 Å². The predicted octanol–water partition coefficient (Wildman–Crippen LogP) is 3.39. The van der Waals surface area contributed by atoms with E-state index >= 15 is 0 Å².